The molecule has 0 radical (unpaired) electrons. The second kappa shape index (κ2) is 9.52. The Morgan fingerprint density at radius 2 is 1.93 bits per heavy atom. The lowest BCUT2D eigenvalue weighted by molar-refractivity contribution is 0.184. The van der Waals surface area contributed by atoms with E-state index in [2.05, 4.69) is 5.32 Å². The largest absolute Gasteiger partial charge is 0.496 e. The molecule has 1 aliphatic heterocycles. The molecule has 1 unspecified atom stereocenters. The summed E-state index contributed by atoms with van der Waals surface area (Å²) in [5, 5.41) is 3.29. The zero-order chi connectivity index (χ0) is 18.6. The second-order valence-corrected chi connectivity index (χ2v) is 8.05. The molecule has 1 aliphatic rings. The van der Waals surface area contributed by atoms with Crippen LogP contribution in [0.4, 0.5) is 0 Å². The smallest absolute Gasteiger partial charge is 0.243 e. The van der Waals surface area contributed by atoms with Crippen molar-refractivity contribution in [2.75, 3.05) is 33.9 Å². The molecule has 1 N–H and O–H groups in total. The summed E-state index contributed by atoms with van der Waals surface area (Å²) in [5.41, 5.74) is 1.69. The molecule has 3 rings (SSSR count). The van der Waals surface area contributed by atoms with E-state index in [0.29, 0.717) is 32.0 Å². The molecule has 0 saturated carbocycles. The van der Waals surface area contributed by atoms with Gasteiger partial charge in [0.2, 0.25) is 10.0 Å². The minimum absolute atomic E-state index is 0. The van der Waals surface area contributed by atoms with Gasteiger partial charge in [0.05, 0.1) is 24.7 Å². The van der Waals surface area contributed by atoms with Crippen molar-refractivity contribution in [3.05, 3.63) is 59.7 Å². The van der Waals surface area contributed by atoms with Crippen LogP contribution in [0.25, 0.3) is 0 Å². The number of ether oxygens (including phenoxy) is 2. The summed E-state index contributed by atoms with van der Waals surface area (Å²) in [6, 6.07) is 14.2. The second-order valence-electron chi connectivity index (χ2n) is 6.16. The first-order chi connectivity index (χ1) is 12.6. The predicted octanol–water partition coefficient (Wildman–Crippen LogP) is 2.60. The Kier molecular flexibility index (Phi) is 7.64. The predicted molar refractivity (Wildman–Crippen MR) is 107 cm³/mol. The minimum Gasteiger partial charge on any atom is -0.496 e. The molecular formula is C19H25ClN2O4S. The third-order valence-electron chi connectivity index (χ3n) is 4.51. The molecule has 1 saturated heterocycles. The van der Waals surface area contributed by atoms with E-state index in [1.807, 2.05) is 30.3 Å². The Morgan fingerprint density at radius 3 is 2.67 bits per heavy atom. The van der Waals surface area contributed by atoms with E-state index in [1.165, 1.54) is 0 Å². The maximum atomic E-state index is 13.3. The highest BCUT2D eigenvalue weighted by Gasteiger charge is 2.35. The molecule has 0 spiro atoms. The number of rotatable bonds is 6. The molecule has 148 valence electrons. The molecule has 0 amide bonds. The maximum absolute atomic E-state index is 13.3. The summed E-state index contributed by atoms with van der Waals surface area (Å²) in [7, 11) is -0.451. The van der Waals surface area contributed by atoms with Crippen LogP contribution in [0.1, 0.15) is 17.2 Å². The van der Waals surface area contributed by atoms with Crippen LogP contribution in [-0.4, -0.2) is 46.6 Å². The standard InChI is InChI=1S/C19H24N2O4S.ClH/c1-24-14-15-6-5-7-16(12-15)26(22,23)21-11-10-20-13-18(21)17-8-3-4-9-19(17)25-2;/h3-9,12,18,20H,10-11,13-14H2,1-2H3;1H. The number of piperazine rings is 1. The van der Waals surface area contributed by atoms with Crippen LogP contribution in [0.2, 0.25) is 0 Å². The molecule has 1 fully saturated rings. The summed E-state index contributed by atoms with van der Waals surface area (Å²) in [4.78, 5) is 0.286. The van der Waals surface area contributed by atoms with E-state index >= 15 is 0 Å². The SMILES string of the molecule is COCc1cccc(S(=O)(=O)N2CCNCC2c2ccccc2OC)c1.Cl. The number of para-hydroxylation sites is 1. The van der Waals surface area contributed by atoms with Crippen LogP contribution in [0.15, 0.2) is 53.4 Å². The number of nitrogens with one attached hydrogen (secondary N) is 1. The van der Waals surface area contributed by atoms with Gasteiger partial charge in [-0.15, -0.1) is 12.4 Å². The molecule has 2 aromatic carbocycles. The highest BCUT2D eigenvalue weighted by atomic mass is 35.5. The number of halogens is 1. The van der Waals surface area contributed by atoms with Gasteiger partial charge in [-0.25, -0.2) is 8.42 Å². The first-order valence-corrected chi connectivity index (χ1v) is 9.95. The normalized spacial score (nSPS) is 17.9. The fraction of sp³-hybridized carbons (Fsp3) is 0.368. The number of hydrogen-bond donors (Lipinski definition) is 1. The van der Waals surface area contributed by atoms with Crippen molar-refractivity contribution in [1.82, 2.24) is 9.62 Å². The van der Waals surface area contributed by atoms with Crippen LogP contribution in [0.5, 0.6) is 5.75 Å². The first-order valence-electron chi connectivity index (χ1n) is 8.51. The average Bonchev–Trinajstić information content (AvgIpc) is 2.68. The van der Waals surface area contributed by atoms with E-state index < -0.39 is 10.0 Å². The van der Waals surface area contributed by atoms with Gasteiger partial charge in [-0.1, -0.05) is 30.3 Å². The topological polar surface area (TPSA) is 67.9 Å². The van der Waals surface area contributed by atoms with E-state index in [0.717, 1.165) is 11.1 Å². The monoisotopic (exact) mass is 412 g/mol. The van der Waals surface area contributed by atoms with Gasteiger partial charge in [0.1, 0.15) is 5.75 Å². The average molecular weight is 413 g/mol. The lowest BCUT2D eigenvalue weighted by atomic mass is 10.0. The zero-order valence-corrected chi connectivity index (χ0v) is 17.1. The Bertz CT molecular complexity index is 860. The first kappa shape index (κ1) is 21.7. The fourth-order valence-electron chi connectivity index (χ4n) is 3.28. The molecule has 2 aromatic rings. The lowest BCUT2D eigenvalue weighted by Crippen LogP contribution is -2.48. The summed E-state index contributed by atoms with van der Waals surface area (Å²) >= 11 is 0. The summed E-state index contributed by atoms with van der Waals surface area (Å²) in [6.07, 6.45) is 0. The number of benzene rings is 2. The van der Waals surface area contributed by atoms with Crippen LogP contribution in [0, 0.1) is 0 Å². The number of methoxy groups -OCH3 is 2. The van der Waals surface area contributed by atoms with E-state index in [1.54, 1.807) is 36.7 Å². The quantitative estimate of drug-likeness (QED) is 0.789. The van der Waals surface area contributed by atoms with Gasteiger partial charge in [-0.2, -0.15) is 4.31 Å². The molecule has 0 aliphatic carbocycles. The van der Waals surface area contributed by atoms with Crippen molar-refractivity contribution in [3.8, 4) is 5.75 Å². The van der Waals surface area contributed by atoms with Crippen LogP contribution >= 0.6 is 12.4 Å². The van der Waals surface area contributed by atoms with E-state index in [-0.39, 0.29) is 23.3 Å². The Labute approximate surface area is 166 Å². The van der Waals surface area contributed by atoms with Crippen molar-refractivity contribution in [2.24, 2.45) is 0 Å². The van der Waals surface area contributed by atoms with Gasteiger partial charge >= 0.3 is 0 Å². The highest BCUT2D eigenvalue weighted by Crippen LogP contribution is 2.34. The van der Waals surface area contributed by atoms with E-state index in [9.17, 15) is 8.42 Å². The van der Waals surface area contributed by atoms with Crippen molar-refractivity contribution in [1.29, 1.82) is 0 Å². The third-order valence-corrected chi connectivity index (χ3v) is 6.41. The van der Waals surface area contributed by atoms with Crippen molar-refractivity contribution >= 4 is 22.4 Å². The lowest BCUT2D eigenvalue weighted by Gasteiger charge is -2.36. The van der Waals surface area contributed by atoms with Gasteiger partial charge in [0.25, 0.3) is 0 Å². The van der Waals surface area contributed by atoms with Gasteiger partial charge < -0.3 is 14.8 Å². The number of hydrogen-bond acceptors (Lipinski definition) is 5. The van der Waals surface area contributed by atoms with Gasteiger partial charge in [0, 0.05) is 32.3 Å². The molecular weight excluding hydrogens is 388 g/mol. The number of nitrogens with zero attached hydrogens (tertiary/aromatic N) is 1. The third kappa shape index (κ3) is 4.62. The molecule has 27 heavy (non-hydrogen) atoms. The molecule has 0 aromatic heterocycles. The van der Waals surface area contributed by atoms with Crippen LogP contribution < -0.4 is 10.1 Å². The minimum atomic E-state index is -3.64. The Hall–Kier alpha value is -1.64. The van der Waals surface area contributed by atoms with Gasteiger partial charge in [-0.05, 0) is 23.8 Å². The van der Waals surface area contributed by atoms with Crippen molar-refractivity contribution < 1.29 is 17.9 Å². The zero-order valence-electron chi connectivity index (χ0n) is 15.4. The molecule has 8 heteroatoms. The van der Waals surface area contributed by atoms with Crippen molar-refractivity contribution in [3.63, 3.8) is 0 Å². The molecule has 1 heterocycles. The summed E-state index contributed by atoms with van der Waals surface area (Å²) in [5.74, 6) is 0.689. The van der Waals surface area contributed by atoms with Gasteiger partial charge in [-0.3, -0.25) is 0 Å². The maximum Gasteiger partial charge on any atom is 0.243 e. The van der Waals surface area contributed by atoms with Crippen LogP contribution in [0.3, 0.4) is 0 Å². The highest BCUT2D eigenvalue weighted by molar-refractivity contribution is 7.89. The Morgan fingerprint density at radius 1 is 1.15 bits per heavy atom. The van der Waals surface area contributed by atoms with Gasteiger partial charge in [0.15, 0.2) is 0 Å². The van der Waals surface area contributed by atoms with E-state index in [4.69, 9.17) is 9.47 Å². The fourth-order valence-corrected chi connectivity index (χ4v) is 4.95. The van der Waals surface area contributed by atoms with Crippen LogP contribution in [-0.2, 0) is 21.4 Å². The molecule has 6 nitrogen and oxygen atoms in total. The Balaban J connectivity index is 0.00000261. The molecule has 1 atom stereocenters. The summed E-state index contributed by atoms with van der Waals surface area (Å²) in [6.45, 7) is 1.93. The summed E-state index contributed by atoms with van der Waals surface area (Å²) < 4.78 is 38.8. The van der Waals surface area contributed by atoms with Crippen molar-refractivity contribution in [2.45, 2.75) is 17.5 Å². The number of sulfonamides is 1. The molecule has 0 bridgehead atoms.